The number of anilines is 1. The Balaban J connectivity index is 2.03. The van der Waals surface area contributed by atoms with E-state index < -0.39 is 0 Å². The molecule has 6 nitrogen and oxygen atoms in total. The second kappa shape index (κ2) is 5.09. The topological polar surface area (TPSA) is 81.1 Å². The van der Waals surface area contributed by atoms with Gasteiger partial charge in [0.25, 0.3) is 0 Å². The molecule has 0 amide bonds. The van der Waals surface area contributed by atoms with E-state index in [2.05, 4.69) is 20.5 Å². The van der Waals surface area contributed by atoms with Crippen LogP contribution in [-0.4, -0.2) is 32.2 Å². The molecule has 0 aliphatic heterocycles. The van der Waals surface area contributed by atoms with Gasteiger partial charge in [0.2, 0.25) is 5.65 Å². The van der Waals surface area contributed by atoms with E-state index in [-0.39, 0.29) is 6.04 Å². The third-order valence-corrected chi connectivity index (χ3v) is 2.63. The summed E-state index contributed by atoms with van der Waals surface area (Å²) >= 11 is 0. The quantitative estimate of drug-likeness (QED) is 0.753. The molecule has 0 radical (unpaired) electrons. The molecule has 0 aromatic carbocycles. The third-order valence-electron chi connectivity index (χ3n) is 2.63. The second-order valence-electron chi connectivity index (χ2n) is 4.26. The Morgan fingerprint density at radius 3 is 3.06 bits per heavy atom. The van der Waals surface area contributed by atoms with Gasteiger partial charge in [-0.1, -0.05) is 0 Å². The van der Waals surface area contributed by atoms with E-state index in [0.29, 0.717) is 0 Å². The van der Waals surface area contributed by atoms with E-state index in [9.17, 15) is 0 Å². The van der Waals surface area contributed by atoms with Gasteiger partial charge in [-0.25, -0.2) is 4.98 Å². The van der Waals surface area contributed by atoms with Crippen LogP contribution in [0.25, 0.3) is 5.65 Å². The van der Waals surface area contributed by atoms with Crippen LogP contribution in [0.2, 0.25) is 0 Å². The molecule has 2 aromatic heterocycles. The number of hydrogen-bond acceptors (Lipinski definition) is 5. The molecule has 1 atom stereocenters. The number of rotatable bonds is 5. The van der Waals surface area contributed by atoms with E-state index in [1.807, 2.05) is 24.4 Å². The zero-order valence-electron chi connectivity index (χ0n) is 10.2. The number of aromatic nitrogens is 4. The average molecular weight is 234 g/mol. The summed E-state index contributed by atoms with van der Waals surface area (Å²) in [6, 6.07) is 0.246. The van der Waals surface area contributed by atoms with E-state index in [0.717, 1.165) is 36.7 Å². The highest BCUT2D eigenvalue weighted by Crippen LogP contribution is 2.11. The zero-order valence-corrected chi connectivity index (χ0v) is 10.2. The molecular weight excluding hydrogens is 216 g/mol. The van der Waals surface area contributed by atoms with Crippen LogP contribution in [0.15, 0.2) is 12.4 Å². The number of fused-ring (bicyclic) bond motifs is 1. The van der Waals surface area contributed by atoms with Crippen LogP contribution >= 0.6 is 0 Å². The fourth-order valence-electron chi connectivity index (χ4n) is 1.70. The van der Waals surface area contributed by atoms with Gasteiger partial charge in [-0.3, -0.25) is 4.40 Å². The van der Waals surface area contributed by atoms with Gasteiger partial charge in [-0.05, 0) is 26.7 Å². The van der Waals surface area contributed by atoms with Gasteiger partial charge in [0.05, 0.1) is 0 Å². The van der Waals surface area contributed by atoms with Gasteiger partial charge < -0.3 is 11.1 Å². The molecule has 2 aromatic rings. The number of nitrogens with one attached hydrogen (secondary N) is 1. The Kier molecular flexibility index (Phi) is 3.53. The average Bonchev–Trinajstić information content (AvgIpc) is 2.67. The Labute approximate surface area is 100 Å². The normalized spacial score (nSPS) is 12.9. The standard InChI is InChI=1S/C11H18N6/c1-8(12)4-3-5-13-10-11-16-15-9(2)17(11)7-6-14-10/h6-8H,3-5,12H2,1-2H3,(H,13,14). The smallest absolute Gasteiger partial charge is 0.203 e. The van der Waals surface area contributed by atoms with Crippen LogP contribution in [0.5, 0.6) is 0 Å². The molecule has 92 valence electrons. The summed E-state index contributed by atoms with van der Waals surface area (Å²) in [4.78, 5) is 4.27. The van der Waals surface area contributed by atoms with Crippen LogP contribution in [0.3, 0.4) is 0 Å². The summed E-state index contributed by atoms with van der Waals surface area (Å²) in [5, 5.41) is 11.4. The van der Waals surface area contributed by atoms with Crippen molar-refractivity contribution < 1.29 is 0 Å². The van der Waals surface area contributed by atoms with Crippen LogP contribution in [-0.2, 0) is 0 Å². The van der Waals surface area contributed by atoms with Crippen LogP contribution in [0.1, 0.15) is 25.6 Å². The lowest BCUT2D eigenvalue weighted by atomic mass is 10.2. The SMILES string of the molecule is Cc1nnc2c(NCCCC(C)N)nccn12. The molecule has 0 saturated carbocycles. The highest BCUT2D eigenvalue weighted by Gasteiger charge is 2.06. The lowest BCUT2D eigenvalue weighted by Crippen LogP contribution is -2.16. The number of hydrogen-bond donors (Lipinski definition) is 2. The molecule has 2 rings (SSSR count). The minimum Gasteiger partial charge on any atom is -0.367 e. The summed E-state index contributed by atoms with van der Waals surface area (Å²) < 4.78 is 1.92. The van der Waals surface area contributed by atoms with Crippen LogP contribution in [0, 0.1) is 6.92 Å². The Morgan fingerprint density at radius 2 is 2.29 bits per heavy atom. The highest BCUT2D eigenvalue weighted by molar-refractivity contribution is 5.61. The van der Waals surface area contributed by atoms with Crippen LogP contribution < -0.4 is 11.1 Å². The van der Waals surface area contributed by atoms with Crippen molar-refractivity contribution in [2.24, 2.45) is 5.73 Å². The first kappa shape index (κ1) is 11.8. The highest BCUT2D eigenvalue weighted by atomic mass is 15.3. The fraction of sp³-hybridized carbons (Fsp3) is 0.545. The number of aryl methyl sites for hydroxylation is 1. The minimum atomic E-state index is 0.246. The molecule has 0 bridgehead atoms. The maximum Gasteiger partial charge on any atom is 0.203 e. The lowest BCUT2D eigenvalue weighted by Gasteiger charge is -2.07. The molecule has 0 saturated heterocycles. The molecular formula is C11H18N6. The number of nitrogens with zero attached hydrogens (tertiary/aromatic N) is 4. The number of nitrogens with two attached hydrogens (primary N) is 1. The van der Waals surface area contributed by atoms with Gasteiger partial charge in [-0.15, -0.1) is 10.2 Å². The van der Waals surface area contributed by atoms with E-state index in [4.69, 9.17) is 5.73 Å². The van der Waals surface area contributed by atoms with Crippen molar-refractivity contribution in [2.75, 3.05) is 11.9 Å². The van der Waals surface area contributed by atoms with Crippen molar-refractivity contribution in [1.29, 1.82) is 0 Å². The Bertz CT molecular complexity index is 490. The lowest BCUT2D eigenvalue weighted by molar-refractivity contribution is 0.639. The maximum atomic E-state index is 5.70. The van der Waals surface area contributed by atoms with Gasteiger partial charge >= 0.3 is 0 Å². The second-order valence-corrected chi connectivity index (χ2v) is 4.26. The van der Waals surface area contributed by atoms with Gasteiger partial charge in [0.15, 0.2) is 5.82 Å². The first-order valence-electron chi connectivity index (χ1n) is 5.84. The predicted octanol–water partition coefficient (Wildman–Crippen LogP) is 0.972. The van der Waals surface area contributed by atoms with E-state index >= 15 is 0 Å². The molecule has 0 spiro atoms. The van der Waals surface area contributed by atoms with Crippen LogP contribution in [0.4, 0.5) is 5.82 Å². The third kappa shape index (κ3) is 2.71. The minimum absolute atomic E-state index is 0.246. The molecule has 2 heterocycles. The summed E-state index contributed by atoms with van der Waals surface area (Å²) in [6.45, 7) is 4.78. The summed E-state index contributed by atoms with van der Waals surface area (Å²) in [5.74, 6) is 1.64. The van der Waals surface area contributed by atoms with Gasteiger partial charge in [0, 0.05) is 25.0 Å². The molecule has 0 aliphatic rings. The molecule has 3 N–H and O–H groups in total. The predicted molar refractivity (Wildman–Crippen MR) is 66.9 cm³/mol. The van der Waals surface area contributed by atoms with E-state index in [1.165, 1.54) is 0 Å². The Hall–Kier alpha value is -1.69. The molecule has 0 aliphatic carbocycles. The van der Waals surface area contributed by atoms with E-state index in [1.54, 1.807) is 6.20 Å². The van der Waals surface area contributed by atoms with Crippen molar-refractivity contribution in [1.82, 2.24) is 19.6 Å². The summed E-state index contributed by atoms with van der Waals surface area (Å²) in [7, 11) is 0. The Morgan fingerprint density at radius 1 is 1.47 bits per heavy atom. The zero-order chi connectivity index (χ0) is 12.3. The van der Waals surface area contributed by atoms with Crippen molar-refractivity contribution in [3.05, 3.63) is 18.2 Å². The molecule has 6 heteroatoms. The first-order chi connectivity index (χ1) is 8.18. The molecule has 1 unspecified atom stereocenters. The molecule has 0 fully saturated rings. The largest absolute Gasteiger partial charge is 0.367 e. The monoisotopic (exact) mass is 234 g/mol. The first-order valence-corrected chi connectivity index (χ1v) is 5.84. The van der Waals surface area contributed by atoms with Gasteiger partial charge in [0.1, 0.15) is 5.82 Å². The molecule has 17 heavy (non-hydrogen) atoms. The van der Waals surface area contributed by atoms with Crippen molar-refractivity contribution in [3.8, 4) is 0 Å². The summed E-state index contributed by atoms with van der Waals surface area (Å²) in [6.07, 6.45) is 5.63. The van der Waals surface area contributed by atoms with Crippen molar-refractivity contribution in [2.45, 2.75) is 32.7 Å². The van der Waals surface area contributed by atoms with Gasteiger partial charge in [-0.2, -0.15) is 0 Å². The van der Waals surface area contributed by atoms with Crippen molar-refractivity contribution >= 4 is 11.5 Å². The summed E-state index contributed by atoms with van der Waals surface area (Å²) in [5.41, 5.74) is 6.47. The maximum absolute atomic E-state index is 5.70. The fourth-order valence-corrected chi connectivity index (χ4v) is 1.70. The van der Waals surface area contributed by atoms with Crippen molar-refractivity contribution in [3.63, 3.8) is 0 Å².